The van der Waals surface area contributed by atoms with Crippen LogP contribution in [0.3, 0.4) is 0 Å². The molecule has 2 aromatic rings. The molecule has 2 saturated heterocycles. The Morgan fingerprint density at radius 3 is 1.78 bits per heavy atom. The van der Waals surface area contributed by atoms with Crippen LogP contribution in [0.15, 0.2) is 60.7 Å². The summed E-state index contributed by atoms with van der Waals surface area (Å²) in [6.07, 6.45) is 4.65. The maximum absolute atomic E-state index is 12.6. The molecule has 0 spiro atoms. The molecule has 6 heteroatoms. The van der Waals surface area contributed by atoms with Crippen molar-refractivity contribution in [2.75, 3.05) is 78.5 Å². The molecular weight excluding hydrogens is 448 g/mol. The molecule has 0 saturated carbocycles. The van der Waals surface area contributed by atoms with Crippen LogP contribution in [0.1, 0.15) is 30.4 Å². The van der Waals surface area contributed by atoms with Gasteiger partial charge in [-0.3, -0.25) is 9.69 Å². The number of ether oxygens (including phenoxy) is 1. The third kappa shape index (κ3) is 9.66. The van der Waals surface area contributed by atoms with Gasteiger partial charge in [-0.05, 0) is 69.5 Å². The average Bonchev–Trinajstić information content (AvgIpc) is 2.98. The minimum absolute atomic E-state index is 0.118. The lowest BCUT2D eigenvalue weighted by Crippen LogP contribution is -2.41. The normalized spacial score (nSPS) is 23.0. The Balaban J connectivity index is 1.29. The molecule has 4 rings (SSSR count). The van der Waals surface area contributed by atoms with Gasteiger partial charge in [-0.2, -0.15) is 0 Å². The smallest absolute Gasteiger partial charge is 0.320 e. The number of fused-ring (bicyclic) bond motifs is 4. The number of carbonyl (C=O) groups is 1. The van der Waals surface area contributed by atoms with E-state index in [1.165, 1.54) is 24.9 Å². The summed E-state index contributed by atoms with van der Waals surface area (Å²) in [5.74, 6) is -0.118. The van der Waals surface area contributed by atoms with Crippen molar-refractivity contribution in [2.24, 2.45) is 0 Å². The van der Waals surface area contributed by atoms with Gasteiger partial charge in [-0.25, -0.2) is 0 Å². The second kappa shape index (κ2) is 15.1. The van der Waals surface area contributed by atoms with Gasteiger partial charge in [0.05, 0.1) is 6.54 Å². The molecule has 2 atom stereocenters. The molecule has 196 valence electrons. The molecule has 0 radical (unpaired) electrons. The predicted octanol–water partition coefficient (Wildman–Crippen LogP) is 3.38. The Bertz CT molecular complexity index is 879. The first-order chi connectivity index (χ1) is 17.7. The molecule has 6 nitrogen and oxygen atoms in total. The minimum atomic E-state index is -0.118. The highest BCUT2D eigenvalue weighted by molar-refractivity contribution is 5.71. The van der Waals surface area contributed by atoms with Crippen molar-refractivity contribution in [3.63, 3.8) is 0 Å². The highest BCUT2D eigenvalue weighted by Crippen LogP contribution is 2.09. The second-order valence-corrected chi connectivity index (χ2v) is 10.2. The molecule has 2 unspecified atom stereocenters. The summed E-state index contributed by atoms with van der Waals surface area (Å²) in [5.41, 5.74) is 2.47. The maximum atomic E-state index is 12.6. The first kappa shape index (κ1) is 26.8. The van der Waals surface area contributed by atoms with E-state index in [1.54, 1.807) is 0 Å². The van der Waals surface area contributed by atoms with E-state index in [0.29, 0.717) is 13.2 Å². The van der Waals surface area contributed by atoms with Crippen LogP contribution in [0.4, 0.5) is 0 Å². The molecule has 0 aliphatic carbocycles. The molecule has 0 N–H and O–H groups in total. The van der Waals surface area contributed by atoms with Crippen molar-refractivity contribution in [3.8, 4) is 0 Å². The molecule has 2 bridgehead atoms. The van der Waals surface area contributed by atoms with Crippen LogP contribution in [0.5, 0.6) is 0 Å². The molecule has 2 aromatic carbocycles. The van der Waals surface area contributed by atoms with E-state index in [4.69, 9.17) is 4.74 Å². The number of benzene rings is 2. The van der Waals surface area contributed by atoms with E-state index in [1.807, 2.05) is 30.3 Å². The van der Waals surface area contributed by atoms with Crippen LogP contribution in [0, 0.1) is 0 Å². The van der Waals surface area contributed by atoms with Gasteiger partial charge in [0.1, 0.15) is 6.61 Å². The van der Waals surface area contributed by atoms with Crippen LogP contribution < -0.4 is 0 Å². The standard InChI is InChI=1S/C30H44N4O2/c35-30(36-27-29-12-5-2-6-13-29)26-34-20-9-18-31-15-7-16-32(24-25-34)17-8-19-33(23-22-31)21-14-28-10-3-1-4-11-28/h1-6,10-13H,7-9,14-27H2. The molecule has 2 fully saturated rings. The Hall–Kier alpha value is -2.25. The number of nitrogens with zero attached hydrogens (tertiary/aromatic N) is 4. The predicted molar refractivity (Wildman–Crippen MR) is 146 cm³/mol. The summed E-state index contributed by atoms with van der Waals surface area (Å²) in [7, 11) is 0. The van der Waals surface area contributed by atoms with Gasteiger partial charge < -0.3 is 19.4 Å². The number of esters is 1. The Morgan fingerprint density at radius 1 is 0.611 bits per heavy atom. The molecular formula is C30H44N4O2. The number of rotatable bonds is 7. The van der Waals surface area contributed by atoms with Crippen molar-refractivity contribution < 1.29 is 9.53 Å². The number of hydrogen-bond donors (Lipinski definition) is 0. The fraction of sp³-hybridized carbons (Fsp3) is 0.567. The van der Waals surface area contributed by atoms with E-state index < -0.39 is 0 Å². The zero-order valence-electron chi connectivity index (χ0n) is 21.9. The minimum Gasteiger partial charge on any atom is -0.460 e. The SMILES string of the molecule is O=C(CN1CCCN2CCCN(CCCN(CCc3ccccc3)CC2)CC1)OCc1ccccc1. The van der Waals surface area contributed by atoms with Crippen molar-refractivity contribution in [1.29, 1.82) is 0 Å². The van der Waals surface area contributed by atoms with E-state index in [0.717, 1.165) is 83.9 Å². The fourth-order valence-electron chi connectivity index (χ4n) is 5.29. The third-order valence-corrected chi connectivity index (χ3v) is 7.47. The summed E-state index contributed by atoms with van der Waals surface area (Å²) in [6, 6.07) is 20.8. The van der Waals surface area contributed by atoms with Gasteiger partial charge in [0.25, 0.3) is 0 Å². The van der Waals surface area contributed by atoms with E-state index in [2.05, 4.69) is 49.9 Å². The molecule has 36 heavy (non-hydrogen) atoms. The molecule has 2 aliphatic rings. The van der Waals surface area contributed by atoms with E-state index >= 15 is 0 Å². The largest absolute Gasteiger partial charge is 0.460 e. The van der Waals surface area contributed by atoms with Crippen molar-refractivity contribution in [1.82, 2.24) is 19.6 Å². The van der Waals surface area contributed by atoms with Crippen LogP contribution in [0.2, 0.25) is 0 Å². The van der Waals surface area contributed by atoms with Crippen LogP contribution in [0.25, 0.3) is 0 Å². The van der Waals surface area contributed by atoms with Gasteiger partial charge in [0.2, 0.25) is 0 Å². The summed E-state index contributed by atoms with van der Waals surface area (Å²) in [4.78, 5) is 22.8. The molecule has 2 aliphatic heterocycles. The molecule has 2 heterocycles. The summed E-state index contributed by atoms with van der Waals surface area (Å²) in [6.45, 7) is 12.8. The fourth-order valence-corrected chi connectivity index (χ4v) is 5.29. The molecule has 0 amide bonds. The summed E-state index contributed by atoms with van der Waals surface area (Å²) in [5, 5.41) is 0. The summed E-state index contributed by atoms with van der Waals surface area (Å²) >= 11 is 0. The lowest BCUT2D eigenvalue weighted by Gasteiger charge is -2.29. The van der Waals surface area contributed by atoms with E-state index in [9.17, 15) is 4.79 Å². The van der Waals surface area contributed by atoms with Gasteiger partial charge in [-0.15, -0.1) is 0 Å². The van der Waals surface area contributed by atoms with Gasteiger partial charge in [0.15, 0.2) is 0 Å². The molecule has 0 aromatic heterocycles. The first-order valence-corrected chi connectivity index (χ1v) is 13.9. The van der Waals surface area contributed by atoms with Crippen molar-refractivity contribution >= 4 is 5.97 Å². The lowest BCUT2D eigenvalue weighted by atomic mass is 10.1. The Morgan fingerprint density at radius 2 is 1.14 bits per heavy atom. The quantitative estimate of drug-likeness (QED) is 0.552. The Kier molecular flexibility index (Phi) is 11.2. The number of hydrogen-bond acceptors (Lipinski definition) is 6. The van der Waals surface area contributed by atoms with Gasteiger partial charge >= 0.3 is 5.97 Å². The third-order valence-electron chi connectivity index (χ3n) is 7.47. The van der Waals surface area contributed by atoms with Gasteiger partial charge in [0, 0.05) is 39.3 Å². The van der Waals surface area contributed by atoms with Crippen LogP contribution in [-0.4, -0.2) is 104 Å². The lowest BCUT2D eigenvalue weighted by molar-refractivity contribution is -0.146. The monoisotopic (exact) mass is 492 g/mol. The topological polar surface area (TPSA) is 39.3 Å². The average molecular weight is 493 g/mol. The van der Waals surface area contributed by atoms with Crippen LogP contribution in [-0.2, 0) is 22.6 Å². The second-order valence-electron chi connectivity index (χ2n) is 10.2. The van der Waals surface area contributed by atoms with Gasteiger partial charge in [-0.1, -0.05) is 60.7 Å². The number of carbonyl (C=O) groups excluding carboxylic acids is 1. The van der Waals surface area contributed by atoms with Crippen molar-refractivity contribution in [3.05, 3.63) is 71.8 Å². The van der Waals surface area contributed by atoms with Crippen LogP contribution >= 0.6 is 0 Å². The highest BCUT2D eigenvalue weighted by Gasteiger charge is 2.19. The zero-order chi connectivity index (χ0) is 24.8. The first-order valence-electron chi connectivity index (χ1n) is 13.9. The van der Waals surface area contributed by atoms with E-state index in [-0.39, 0.29) is 5.97 Å². The summed E-state index contributed by atoms with van der Waals surface area (Å²) < 4.78 is 5.58. The highest BCUT2D eigenvalue weighted by atomic mass is 16.5. The Labute approximate surface area is 217 Å². The van der Waals surface area contributed by atoms with Crippen molar-refractivity contribution in [2.45, 2.75) is 32.3 Å². The zero-order valence-corrected chi connectivity index (χ0v) is 21.9. The maximum Gasteiger partial charge on any atom is 0.320 e.